The number of rotatable bonds is 6. The molecule has 0 saturated carbocycles. The summed E-state index contributed by atoms with van der Waals surface area (Å²) in [5.41, 5.74) is 2.25. The van der Waals surface area contributed by atoms with E-state index in [-0.39, 0.29) is 0 Å². The van der Waals surface area contributed by atoms with Crippen molar-refractivity contribution in [3.8, 4) is 5.75 Å². The topological polar surface area (TPSA) is 9.23 Å². The van der Waals surface area contributed by atoms with Crippen LogP contribution in [-0.4, -0.2) is 0 Å². The normalized spacial score (nSPS) is 12.0. The van der Waals surface area contributed by atoms with Gasteiger partial charge in [0.05, 0.1) is 0 Å². The predicted molar refractivity (Wildman–Crippen MR) is 84.0 cm³/mol. The SMILES string of the molecule is C=Cc1ccc(OC(=C)\C=C/C=C(C)\C=C\C)cc1. The maximum atomic E-state index is 5.59. The second kappa shape index (κ2) is 7.93. The molecule has 0 radical (unpaired) electrons. The number of allylic oxidation sites excluding steroid dienone is 6. The summed E-state index contributed by atoms with van der Waals surface area (Å²) < 4.78 is 5.59. The van der Waals surface area contributed by atoms with Crippen molar-refractivity contribution >= 4 is 6.08 Å². The van der Waals surface area contributed by atoms with Crippen molar-refractivity contribution in [3.63, 3.8) is 0 Å². The summed E-state index contributed by atoms with van der Waals surface area (Å²) in [4.78, 5) is 0. The second-order valence-corrected chi connectivity index (χ2v) is 4.11. The van der Waals surface area contributed by atoms with Crippen LogP contribution < -0.4 is 4.74 Å². The minimum absolute atomic E-state index is 0.607. The van der Waals surface area contributed by atoms with E-state index in [1.54, 1.807) is 6.08 Å². The third-order valence-corrected chi connectivity index (χ3v) is 2.44. The molecule has 0 heterocycles. The van der Waals surface area contributed by atoms with Crippen LogP contribution in [0.4, 0.5) is 0 Å². The van der Waals surface area contributed by atoms with Crippen LogP contribution in [0.25, 0.3) is 6.08 Å². The van der Waals surface area contributed by atoms with Crippen LogP contribution in [0.2, 0.25) is 0 Å². The molecule has 0 unspecified atom stereocenters. The molecule has 1 aromatic rings. The molecule has 0 aromatic heterocycles. The number of benzene rings is 1. The zero-order chi connectivity index (χ0) is 14.1. The van der Waals surface area contributed by atoms with Gasteiger partial charge in [0, 0.05) is 0 Å². The maximum Gasteiger partial charge on any atom is 0.127 e. The zero-order valence-corrected chi connectivity index (χ0v) is 11.6. The first-order valence-electron chi connectivity index (χ1n) is 6.22. The molecular weight excluding hydrogens is 232 g/mol. The zero-order valence-electron chi connectivity index (χ0n) is 11.6. The molecule has 0 fully saturated rings. The molecule has 1 nitrogen and oxygen atoms in total. The lowest BCUT2D eigenvalue weighted by molar-refractivity contribution is 0.447. The van der Waals surface area contributed by atoms with E-state index in [1.165, 1.54) is 5.57 Å². The van der Waals surface area contributed by atoms with E-state index in [4.69, 9.17) is 4.74 Å². The average molecular weight is 252 g/mol. The maximum absolute atomic E-state index is 5.59. The lowest BCUT2D eigenvalue weighted by Gasteiger charge is -2.04. The fraction of sp³-hybridized carbons (Fsp3) is 0.111. The first-order valence-corrected chi connectivity index (χ1v) is 6.22. The quantitative estimate of drug-likeness (QED) is 0.493. The Balaban J connectivity index is 2.57. The van der Waals surface area contributed by atoms with Gasteiger partial charge in [-0.15, -0.1) is 0 Å². The molecule has 98 valence electrons. The van der Waals surface area contributed by atoms with Gasteiger partial charge < -0.3 is 4.74 Å². The van der Waals surface area contributed by atoms with Crippen molar-refractivity contribution in [3.05, 3.63) is 84.7 Å². The van der Waals surface area contributed by atoms with Crippen LogP contribution in [-0.2, 0) is 0 Å². The van der Waals surface area contributed by atoms with Crippen molar-refractivity contribution in [2.45, 2.75) is 13.8 Å². The van der Waals surface area contributed by atoms with Crippen LogP contribution in [0.15, 0.2) is 79.1 Å². The molecule has 0 aliphatic heterocycles. The van der Waals surface area contributed by atoms with Crippen molar-refractivity contribution in [1.82, 2.24) is 0 Å². The molecule has 1 heteroatoms. The van der Waals surface area contributed by atoms with Crippen LogP contribution in [0.5, 0.6) is 5.75 Å². The van der Waals surface area contributed by atoms with Gasteiger partial charge in [-0.25, -0.2) is 0 Å². The van der Waals surface area contributed by atoms with E-state index in [2.05, 4.69) is 13.2 Å². The number of ether oxygens (including phenoxy) is 1. The van der Waals surface area contributed by atoms with Gasteiger partial charge in [0.1, 0.15) is 11.5 Å². The van der Waals surface area contributed by atoms with Gasteiger partial charge in [-0.1, -0.05) is 61.2 Å². The second-order valence-electron chi connectivity index (χ2n) is 4.11. The van der Waals surface area contributed by atoms with E-state index in [9.17, 15) is 0 Å². The Morgan fingerprint density at radius 3 is 2.42 bits per heavy atom. The molecule has 0 aliphatic rings. The Hall–Kier alpha value is -2.28. The van der Waals surface area contributed by atoms with Gasteiger partial charge in [0.25, 0.3) is 0 Å². The molecule has 0 spiro atoms. The van der Waals surface area contributed by atoms with Gasteiger partial charge in [-0.2, -0.15) is 0 Å². The largest absolute Gasteiger partial charge is 0.458 e. The Kier molecular flexibility index (Phi) is 6.17. The van der Waals surface area contributed by atoms with E-state index in [1.807, 2.05) is 68.5 Å². The lowest BCUT2D eigenvalue weighted by Crippen LogP contribution is -1.89. The number of hydrogen-bond donors (Lipinski definition) is 0. The highest BCUT2D eigenvalue weighted by Crippen LogP contribution is 2.15. The smallest absolute Gasteiger partial charge is 0.127 e. The van der Waals surface area contributed by atoms with Crippen molar-refractivity contribution < 1.29 is 4.74 Å². The number of hydrogen-bond acceptors (Lipinski definition) is 1. The fourth-order valence-corrected chi connectivity index (χ4v) is 1.48. The highest BCUT2D eigenvalue weighted by atomic mass is 16.5. The molecule has 0 amide bonds. The van der Waals surface area contributed by atoms with Crippen LogP contribution in [0.3, 0.4) is 0 Å². The van der Waals surface area contributed by atoms with Crippen LogP contribution in [0.1, 0.15) is 19.4 Å². The minimum atomic E-state index is 0.607. The fourth-order valence-electron chi connectivity index (χ4n) is 1.48. The summed E-state index contributed by atoms with van der Waals surface area (Å²) in [6.45, 7) is 11.6. The van der Waals surface area contributed by atoms with E-state index in [0.717, 1.165) is 11.3 Å². The first-order chi connectivity index (χ1) is 9.15. The summed E-state index contributed by atoms with van der Waals surface area (Å²) in [6.07, 6.45) is 11.6. The van der Waals surface area contributed by atoms with Crippen molar-refractivity contribution in [2.24, 2.45) is 0 Å². The molecule has 0 bridgehead atoms. The molecule has 0 atom stereocenters. The highest BCUT2D eigenvalue weighted by Gasteiger charge is 1.94. The molecular formula is C18H20O. The predicted octanol–water partition coefficient (Wildman–Crippen LogP) is 5.30. The molecule has 0 N–H and O–H groups in total. The van der Waals surface area contributed by atoms with Crippen LogP contribution in [0, 0.1) is 0 Å². The Bertz CT molecular complexity index is 513. The van der Waals surface area contributed by atoms with Crippen molar-refractivity contribution in [2.75, 3.05) is 0 Å². The molecule has 0 saturated heterocycles. The molecule has 1 aromatic carbocycles. The standard InChI is InChI=1S/C18H20O/c1-5-8-15(3)9-7-10-16(4)19-18-13-11-17(6-2)12-14-18/h5-14H,2,4H2,1,3H3/b8-5+,10-7-,15-9-. The summed E-state index contributed by atoms with van der Waals surface area (Å²) in [6, 6.07) is 7.71. The lowest BCUT2D eigenvalue weighted by atomic mass is 10.2. The van der Waals surface area contributed by atoms with Gasteiger partial charge in [0.2, 0.25) is 0 Å². The van der Waals surface area contributed by atoms with E-state index in [0.29, 0.717) is 5.76 Å². The first kappa shape index (κ1) is 14.8. The summed E-state index contributed by atoms with van der Waals surface area (Å²) in [5, 5.41) is 0. The summed E-state index contributed by atoms with van der Waals surface area (Å²) >= 11 is 0. The monoisotopic (exact) mass is 252 g/mol. The van der Waals surface area contributed by atoms with Gasteiger partial charge in [-0.05, 0) is 37.6 Å². The van der Waals surface area contributed by atoms with E-state index >= 15 is 0 Å². The Morgan fingerprint density at radius 1 is 1.16 bits per heavy atom. The molecule has 0 aliphatic carbocycles. The highest BCUT2D eigenvalue weighted by molar-refractivity contribution is 5.48. The molecule has 1 rings (SSSR count). The Morgan fingerprint density at radius 2 is 1.84 bits per heavy atom. The minimum Gasteiger partial charge on any atom is -0.458 e. The van der Waals surface area contributed by atoms with Gasteiger partial charge >= 0.3 is 0 Å². The van der Waals surface area contributed by atoms with E-state index < -0.39 is 0 Å². The van der Waals surface area contributed by atoms with Crippen LogP contribution >= 0.6 is 0 Å². The van der Waals surface area contributed by atoms with Gasteiger partial charge in [0.15, 0.2) is 0 Å². The summed E-state index contributed by atoms with van der Waals surface area (Å²) in [5.74, 6) is 1.38. The van der Waals surface area contributed by atoms with Gasteiger partial charge in [-0.3, -0.25) is 0 Å². The third kappa shape index (κ3) is 5.73. The molecule has 19 heavy (non-hydrogen) atoms. The third-order valence-electron chi connectivity index (χ3n) is 2.44. The van der Waals surface area contributed by atoms with Crippen molar-refractivity contribution in [1.29, 1.82) is 0 Å². The average Bonchev–Trinajstić information content (AvgIpc) is 2.40. The summed E-state index contributed by atoms with van der Waals surface area (Å²) in [7, 11) is 0. The Labute approximate surface area is 115 Å².